The molecule has 18 heavy (non-hydrogen) atoms. The molecule has 0 radical (unpaired) electrons. The van der Waals surface area contributed by atoms with Gasteiger partial charge in [-0.2, -0.15) is 0 Å². The summed E-state index contributed by atoms with van der Waals surface area (Å²) in [4.78, 5) is 1.22. The monoisotopic (exact) mass is 302 g/mol. The van der Waals surface area contributed by atoms with Crippen LogP contribution in [0.25, 0.3) is 0 Å². The highest BCUT2D eigenvalue weighted by atomic mass is 35.5. The predicted octanol–water partition coefficient (Wildman–Crippen LogP) is 3.69. The zero-order chi connectivity index (χ0) is 13.4. The minimum atomic E-state index is 0.425. The van der Waals surface area contributed by atoms with Crippen LogP contribution in [0.3, 0.4) is 0 Å². The summed E-state index contributed by atoms with van der Waals surface area (Å²) in [6.45, 7) is 5.11. The third-order valence-electron chi connectivity index (χ3n) is 2.46. The highest BCUT2D eigenvalue weighted by Crippen LogP contribution is 2.19. The van der Waals surface area contributed by atoms with E-state index in [-0.39, 0.29) is 0 Å². The van der Waals surface area contributed by atoms with E-state index in [0.29, 0.717) is 6.04 Å². The van der Waals surface area contributed by atoms with E-state index < -0.39 is 0 Å². The third kappa shape index (κ3) is 6.47. The van der Waals surface area contributed by atoms with Crippen LogP contribution >= 0.6 is 35.6 Å². The molecule has 2 nitrogen and oxygen atoms in total. The van der Waals surface area contributed by atoms with Crippen LogP contribution in [0, 0.1) is 0 Å². The van der Waals surface area contributed by atoms with Crippen LogP contribution in [0.5, 0.6) is 0 Å². The summed E-state index contributed by atoms with van der Waals surface area (Å²) in [5.41, 5.74) is 0. The number of rotatable bonds is 6. The minimum Gasteiger partial charge on any atom is -0.362 e. The molecule has 0 aliphatic rings. The molecule has 1 rings (SSSR count). The van der Waals surface area contributed by atoms with Gasteiger partial charge in [0.05, 0.1) is 0 Å². The van der Waals surface area contributed by atoms with Crippen molar-refractivity contribution in [2.24, 2.45) is 0 Å². The van der Waals surface area contributed by atoms with Crippen LogP contribution in [-0.4, -0.2) is 23.5 Å². The van der Waals surface area contributed by atoms with E-state index in [9.17, 15) is 0 Å². The van der Waals surface area contributed by atoms with Gasteiger partial charge in [0.25, 0.3) is 0 Å². The lowest BCUT2D eigenvalue weighted by atomic mass is 10.3. The molecule has 1 aromatic carbocycles. The first-order valence-corrected chi connectivity index (χ1v) is 7.81. The highest BCUT2D eigenvalue weighted by Gasteiger charge is 2.00. The zero-order valence-corrected chi connectivity index (χ0v) is 13.1. The van der Waals surface area contributed by atoms with Gasteiger partial charge in [-0.05, 0) is 49.8 Å². The summed E-state index contributed by atoms with van der Waals surface area (Å²) in [6.07, 6.45) is 1.07. The SMILES string of the molecule is CCC(C)NC(=S)NCCSc1ccc(Cl)cc1. The van der Waals surface area contributed by atoms with Gasteiger partial charge in [0, 0.05) is 28.3 Å². The number of nitrogens with one attached hydrogen (secondary N) is 2. The van der Waals surface area contributed by atoms with Crippen LogP contribution in [-0.2, 0) is 0 Å². The van der Waals surface area contributed by atoms with Crippen LogP contribution in [0.2, 0.25) is 5.02 Å². The molecule has 100 valence electrons. The highest BCUT2D eigenvalue weighted by molar-refractivity contribution is 7.99. The Labute approximate surface area is 124 Å². The van der Waals surface area contributed by atoms with Gasteiger partial charge >= 0.3 is 0 Å². The molecule has 0 heterocycles. The van der Waals surface area contributed by atoms with Crippen molar-refractivity contribution in [3.05, 3.63) is 29.3 Å². The van der Waals surface area contributed by atoms with E-state index in [2.05, 4.69) is 24.5 Å². The Morgan fingerprint density at radius 1 is 1.39 bits per heavy atom. The second-order valence-electron chi connectivity index (χ2n) is 4.01. The number of benzene rings is 1. The summed E-state index contributed by atoms with van der Waals surface area (Å²) in [5, 5.41) is 7.94. The molecule has 0 saturated heterocycles. The van der Waals surface area contributed by atoms with Crippen molar-refractivity contribution in [1.82, 2.24) is 10.6 Å². The molecule has 0 aromatic heterocycles. The first-order chi connectivity index (χ1) is 8.61. The van der Waals surface area contributed by atoms with Gasteiger partial charge in [-0.3, -0.25) is 0 Å². The molecule has 0 bridgehead atoms. The van der Waals surface area contributed by atoms with E-state index in [0.717, 1.165) is 28.9 Å². The van der Waals surface area contributed by atoms with E-state index >= 15 is 0 Å². The first-order valence-electron chi connectivity index (χ1n) is 6.04. The first kappa shape index (κ1) is 15.6. The van der Waals surface area contributed by atoms with Crippen LogP contribution in [0.4, 0.5) is 0 Å². The normalized spacial score (nSPS) is 11.9. The number of thiocarbonyl (C=S) groups is 1. The van der Waals surface area contributed by atoms with E-state index in [4.69, 9.17) is 23.8 Å². The molecule has 0 aliphatic carbocycles. The topological polar surface area (TPSA) is 24.1 Å². The minimum absolute atomic E-state index is 0.425. The van der Waals surface area contributed by atoms with E-state index in [1.54, 1.807) is 11.8 Å². The Kier molecular flexibility index (Phi) is 7.47. The molecule has 0 amide bonds. The Hall–Kier alpha value is -0.450. The number of thioether (sulfide) groups is 1. The average molecular weight is 303 g/mol. The molecule has 5 heteroatoms. The second-order valence-corrected chi connectivity index (χ2v) is 6.02. The summed E-state index contributed by atoms with van der Waals surface area (Å²) < 4.78 is 0. The van der Waals surface area contributed by atoms with Gasteiger partial charge in [0.15, 0.2) is 5.11 Å². The van der Waals surface area contributed by atoms with Gasteiger partial charge in [0.2, 0.25) is 0 Å². The average Bonchev–Trinajstić information content (AvgIpc) is 2.36. The zero-order valence-electron chi connectivity index (χ0n) is 10.7. The Morgan fingerprint density at radius 3 is 2.67 bits per heavy atom. The molecule has 0 aliphatic heterocycles. The fourth-order valence-electron chi connectivity index (χ4n) is 1.24. The number of halogens is 1. The van der Waals surface area contributed by atoms with Crippen LogP contribution in [0.15, 0.2) is 29.2 Å². The van der Waals surface area contributed by atoms with Crippen LogP contribution in [0.1, 0.15) is 20.3 Å². The van der Waals surface area contributed by atoms with Gasteiger partial charge < -0.3 is 10.6 Å². The molecule has 2 N–H and O–H groups in total. The Bertz CT molecular complexity index is 368. The van der Waals surface area contributed by atoms with Crippen molar-refractivity contribution in [2.75, 3.05) is 12.3 Å². The smallest absolute Gasteiger partial charge is 0.166 e. The summed E-state index contributed by atoms with van der Waals surface area (Å²) >= 11 is 12.8. The van der Waals surface area contributed by atoms with Crippen molar-refractivity contribution in [1.29, 1.82) is 0 Å². The fourth-order valence-corrected chi connectivity index (χ4v) is 2.44. The molecule has 1 aromatic rings. The maximum atomic E-state index is 5.83. The van der Waals surface area contributed by atoms with E-state index in [1.807, 2.05) is 24.3 Å². The van der Waals surface area contributed by atoms with Crippen molar-refractivity contribution in [2.45, 2.75) is 31.2 Å². The molecule has 0 saturated carbocycles. The standard InChI is InChI=1S/C13H19ClN2S2/c1-3-10(2)16-13(17)15-8-9-18-12-6-4-11(14)5-7-12/h4-7,10H,3,8-9H2,1-2H3,(H2,15,16,17). The van der Waals surface area contributed by atoms with Crippen molar-refractivity contribution in [3.8, 4) is 0 Å². The summed E-state index contributed by atoms with van der Waals surface area (Å²) in [7, 11) is 0. The van der Waals surface area contributed by atoms with Gasteiger partial charge in [-0.15, -0.1) is 11.8 Å². The predicted molar refractivity (Wildman–Crippen MR) is 85.7 cm³/mol. The lowest BCUT2D eigenvalue weighted by Crippen LogP contribution is -2.41. The quantitative estimate of drug-likeness (QED) is 0.475. The summed E-state index contributed by atoms with van der Waals surface area (Å²) in [6, 6.07) is 8.30. The maximum absolute atomic E-state index is 5.83. The lowest BCUT2D eigenvalue weighted by molar-refractivity contribution is 0.634. The molecular weight excluding hydrogens is 284 g/mol. The molecule has 1 atom stereocenters. The molecule has 0 fully saturated rings. The van der Waals surface area contributed by atoms with Gasteiger partial charge in [-0.1, -0.05) is 18.5 Å². The van der Waals surface area contributed by atoms with Gasteiger partial charge in [0.1, 0.15) is 0 Å². The maximum Gasteiger partial charge on any atom is 0.166 e. The fraction of sp³-hybridized carbons (Fsp3) is 0.462. The lowest BCUT2D eigenvalue weighted by Gasteiger charge is -2.15. The number of hydrogen-bond donors (Lipinski definition) is 2. The third-order valence-corrected chi connectivity index (χ3v) is 3.99. The van der Waals surface area contributed by atoms with Gasteiger partial charge in [-0.25, -0.2) is 0 Å². The Balaban J connectivity index is 2.15. The molecule has 1 unspecified atom stereocenters. The molecule has 0 spiro atoms. The largest absolute Gasteiger partial charge is 0.362 e. The van der Waals surface area contributed by atoms with E-state index in [1.165, 1.54) is 4.90 Å². The molecular formula is C13H19ClN2S2. The van der Waals surface area contributed by atoms with Crippen LogP contribution < -0.4 is 10.6 Å². The van der Waals surface area contributed by atoms with Crippen molar-refractivity contribution < 1.29 is 0 Å². The van der Waals surface area contributed by atoms with Crippen molar-refractivity contribution >= 4 is 40.7 Å². The Morgan fingerprint density at radius 2 is 2.06 bits per heavy atom. The number of hydrogen-bond acceptors (Lipinski definition) is 2. The second kappa shape index (κ2) is 8.62. The summed E-state index contributed by atoms with van der Waals surface area (Å²) in [5.74, 6) is 0.976. The van der Waals surface area contributed by atoms with Crippen molar-refractivity contribution in [3.63, 3.8) is 0 Å².